The highest BCUT2D eigenvalue weighted by Gasteiger charge is 2.22. The molecule has 0 radical (unpaired) electrons. The first-order valence-corrected chi connectivity index (χ1v) is 6.58. The van der Waals surface area contributed by atoms with Gasteiger partial charge in [-0.25, -0.2) is 0 Å². The molecule has 19 heavy (non-hydrogen) atoms. The smallest absolute Gasteiger partial charge is 0.308 e. The van der Waals surface area contributed by atoms with E-state index < -0.39 is 11.9 Å². The van der Waals surface area contributed by atoms with Crippen LogP contribution in [0.25, 0.3) is 0 Å². The number of nitrogens with zero attached hydrogens (tertiary/aromatic N) is 3. The molecule has 1 heterocycles. The van der Waals surface area contributed by atoms with Crippen molar-refractivity contribution in [2.75, 3.05) is 18.0 Å². The maximum atomic E-state index is 10.9. The Hall–Kier alpha value is -2.05. The average Bonchev–Trinajstić information content (AvgIpc) is 2.64. The Morgan fingerprint density at radius 1 is 1.47 bits per heavy atom. The monoisotopic (exact) mass is 277 g/mol. The van der Waals surface area contributed by atoms with Crippen LogP contribution in [0.3, 0.4) is 0 Å². The Bertz CT molecular complexity index is 566. The Labute approximate surface area is 116 Å². The number of rotatable bonds is 5. The van der Waals surface area contributed by atoms with Crippen molar-refractivity contribution < 1.29 is 9.90 Å². The van der Waals surface area contributed by atoms with E-state index in [1.807, 2.05) is 19.9 Å². The SMILES string of the molecule is Cc1sc(N(CC#N)CC(C)C(=O)O)c(C#N)c1C. The molecule has 0 aromatic carbocycles. The van der Waals surface area contributed by atoms with Crippen LogP contribution in [-0.4, -0.2) is 24.2 Å². The first-order valence-electron chi connectivity index (χ1n) is 5.77. The summed E-state index contributed by atoms with van der Waals surface area (Å²) in [6.45, 7) is 5.66. The molecule has 0 saturated heterocycles. The van der Waals surface area contributed by atoms with Crippen molar-refractivity contribution >= 4 is 22.3 Å². The van der Waals surface area contributed by atoms with Crippen molar-refractivity contribution in [1.82, 2.24) is 0 Å². The zero-order valence-corrected chi connectivity index (χ0v) is 11.9. The second kappa shape index (κ2) is 6.21. The highest BCUT2D eigenvalue weighted by Crippen LogP contribution is 2.35. The average molecular weight is 277 g/mol. The lowest BCUT2D eigenvalue weighted by Crippen LogP contribution is -2.32. The van der Waals surface area contributed by atoms with Crippen molar-refractivity contribution in [3.05, 3.63) is 16.0 Å². The molecule has 1 aromatic heterocycles. The van der Waals surface area contributed by atoms with Gasteiger partial charge in [0.15, 0.2) is 0 Å². The van der Waals surface area contributed by atoms with Gasteiger partial charge in [0.25, 0.3) is 0 Å². The Morgan fingerprint density at radius 2 is 2.11 bits per heavy atom. The van der Waals surface area contributed by atoms with Gasteiger partial charge in [-0.2, -0.15) is 10.5 Å². The summed E-state index contributed by atoms with van der Waals surface area (Å²) in [6.07, 6.45) is 0. The molecule has 6 heteroatoms. The summed E-state index contributed by atoms with van der Waals surface area (Å²) in [7, 11) is 0. The van der Waals surface area contributed by atoms with Crippen LogP contribution in [0.5, 0.6) is 0 Å². The molecular formula is C13H15N3O2S. The number of anilines is 1. The third-order valence-electron chi connectivity index (χ3n) is 2.94. The molecule has 5 nitrogen and oxygen atoms in total. The third-order valence-corrected chi connectivity index (χ3v) is 4.21. The largest absolute Gasteiger partial charge is 0.481 e. The maximum absolute atomic E-state index is 10.9. The number of carboxylic acid groups (broad SMARTS) is 1. The molecule has 0 fully saturated rings. The van der Waals surface area contributed by atoms with E-state index >= 15 is 0 Å². The molecule has 1 aromatic rings. The number of aryl methyl sites for hydroxylation is 1. The lowest BCUT2D eigenvalue weighted by atomic mass is 10.1. The summed E-state index contributed by atoms with van der Waals surface area (Å²) in [6, 6.07) is 4.16. The van der Waals surface area contributed by atoms with Crippen LogP contribution in [-0.2, 0) is 4.79 Å². The number of hydrogen-bond donors (Lipinski definition) is 1. The normalized spacial score (nSPS) is 11.4. The first kappa shape index (κ1) is 15.0. The van der Waals surface area contributed by atoms with Gasteiger partial charge in [0, 0.05) is 11.4 Å². The molecule has 0 aliphatic heterocycles. The minimum atomic E-state index is -0.911. The first-order chi connectivity index (χ1) is 8.92. The molecule has 0 aliphatic carbocycles. The van der Waals surface area contributed by atoms with Gasteiger partial charge in [0.05, 0.1) is 17.6 Å². The van der Waals surface area contributed by atoms with E-state index in [-0.39, 0.29) is 13.1 Å². The summed E-state index contributed by atoms with van der Waals surface area (Å²) < 4.78 is 0. The van der Waals surface area contributed by atoms with Crippen LogP contribution in [0.4, 0.5) is 5.00 Å². The van der Waals surface area contributed by atoms with Gasteiger partial charge in [-0.3, -0.25) is 4.79 Å². The number of thiophene rings is 1. The summed E-state index contributed by atoms with van der Waals surface area (Å²) in [4.78, 5) is 13.6. The highest BCUT2D eigenvalue weighted by molar-refractivity contribution is 7.16. The second-order valence-corrected chi connectivity index (χ2v) is 5.56. The number of carbonyl (C=O) groups is 1. The Balaban J connectivity index is 3.14. The quantitative estimate of drug-likeness (QED) is 0.834. The number of carboxylic acids is 1. The molecule has 0 bridgehead atoms. The van der Waals surface area contributed by atoms with Gasteiger partial charge in [0.2, 0.25) is 0 Å². The third kappa shape index (κ3) is 3.24. The molecular weight excluding hydrogens is 262 g/mol. The Kier molecular flexibility index (Phi) is 4.91. The van der Waals surface area contributed by atoms with E-state index in [0.717, 1.165) is 10.4 Å². The van der Waals surface area contributed by atoms with Gasteiger partial charge in [-0.1, -0.05) is 6.92 Å². The van der Waals surface area contributed by atoms with Crippen molar-refractivity contribution in [2.24, 2.45) is 5.92 Å². The lowest BCUT2D eigenvalue weighted by Gasteiger charge is -2.22. The summed E-state index contributed by atoms with van der Waals surface area (Å²) >= 11 is 1.43. The lowest BCUT2D eigenvalue weighted by molar-refractivity contribution is -0.140. The Morgan fingerprint density at radius 3 is 2.58 bits per heavy atom. The van der Waals surface area contributed by atoms with E-state index in [0.29, 0.717) is 10.6 Å². The fourth-order valence-electron chi connectivity index (χ4n) is 1.68. The molecule has 1 atom stereocenters. The number of hydrogen-bond acceptors (Lipinski definition) is 5. The number of aliphatic carboxylic acids is 1. The van der Waals surface area contributed by atoms with E-state index in [1.165, 1.54) is 11.3 Å². The van der Waals surface area contributed by atoms with Crippen molar-refractivity contribution in [2.45, 2.75) is 20.8 Å². The zero-order valence-electron chi connectivity index (χ0n) is 11.1. The zero-order chi connectivity index (χ0) is 14.6. The topological polar surface area (TPSA) is 88.1 Å². The van der Waals surface area contributed by atoms with E-state index in [1.54, 1.807) is 11.8 Å². The van der Waals surface area contributed by atoms with Crippen LogP contribution < -0.4 is 4.90 Å². The van der Waals surface area contributed by atoms with E-state index in [4.69, 9.17) is 10.4 Å². The van der Waals surface area contributed by atoms with Gasteiger partial charge < -0.3 is 10.0 Å². The minimum absolute atomic E-state index is 0.0751. The van der Waals surface area contributed by atoms with Crippen LogP contribution in [0, 0.1) is 42.4 Å². The predicted octanol–water partition coefficient (Wildman–Crippen LogP) is 2.29. The van der Waals surface area contributed by atoms with Crippen LogP contribution in [0.2, 0.25) is 0 Å². The molecule has 0 spiro atoms. The van der Waals surface area contributed by atoms with Gasteiger partial charge in [-0.15, -0.1) is 11.3 Å². The molecule has 1 rings (SSSR count). The van der Waals surface area contributed by atoms with E-state index in [2.05, 4.69) is 6.07 Å². The van der Waals surface area contributed by atoms with Gasteiger partial charge in [-0.05, 0) is 19.4 Å². The molecule has 1 unspecified atom stereocenters. The van der Waals surface area contributed by atoms with Crippen LogP contribution >= 0.6 is 11.3 Å². The second-order valence-electron chi connectivity index (χ2n) is 4.35. The standard InChI is InChI=1S/C13H15N3O2S/c1-8(13(17)18)7-16(5-4-14)12-11(6-15)9(2)10(3)19-12/h8H,5,7H2,1-3H3,(H,17,18). The summed E-state index contributed by atoms with van der Waals surface area (Å²) in [5, 5.41) is 27.7. The van der Waals surface area contributed by atoms with Crippen molar-refractivity contribution in [1.29, 1.82) is 10.5 Å². The van der Waals surface area contributed by atoms with Gasteiger partial charge in [0.1, 0.15) is 17.6 Å². The highest BCUT2D eigenvalue weighted by atomic mass is 32.1. The summed E-state index contributed by atoms with van der Waals surface area (Å²) in [5.74, 6) is -1.51. The molecule has 1 N–H and O–H groups in total. The molecule has 0 amide bonds. The van der Waals surface area contributed by atoms with E-state index in [9.17, 15) is 10.1 Å². The van der Waals surface area contributed by atoms with Gasteiger partial charge >= 0.3 is 5.97 Å². The van der Waals surface area contributed by atoms with Crippen molar-refractivity contribution in [3.63, 3.8) is 0 Å². The number of nitriles is 2. The fraction of sp³-hybridized carbons (Fsp3) is 0.462. The molecule has 100 valence electrons. The summed E-state index contributed by atoms with van der Waals surface area (Å²) in [5.41, 5.74) is 1.43. The van der Waals surface area contributed by atoms with Crippen molar-refractivity contribution in [3.8, 4) is 12.1 Å². The fourth-order valence-corrected chi connectivity index (χ4v) is 2.79. The van der Waals surface area contributed by atoms with Crippen LogP contribution in [0.1, 0.15) is 22.9 Å². The minimum Gasteiger partial charge on any atom is -0.481 e. The predicted molar refractivity (Wildman–Crippen MR) is 73.1 cm³/mol. The maximum Gasteiger partial charge on any atom is 0.308 e. The molecule has 0 aliphatic rings. The van der Waals surface area contributed by atoms with Crippen LogP contribution in [0.15, 0.2) is 0 Å². The molecule has 0 saturated carbocycles.